The van der Waals surface area contributed by atoms with Crippen molar-refractivity contribution < 1.29 is 0 Å². The zero-order chi connectivity index (χ0) is 13.4. The van der Waals surface area contributed by atoms with Gasteiger partial charge >= 0.3 is 0 Å². The average Bonchev–Trinajstić information content (AvgIpc) is 2.38. The van der Waals surface area contributed by atoms with Crippen molar-refractivity contribution in [3.8, 4) is 0 Å². The van der Waals surface area contributed by atoms with E-state index in [1.165, 1.54) is 24.0 Å². The molecule has 1 rings (SSSR count). The third-order valence-corrected chi connectivity index (χ3v) is 4.49. The zero-order valence-electron chi connectivity index (χ0n) is 12.1. The van der Waals surface area contributed by atoms with Gasteiger partial charge < -0.3 is 5.32 Å². The van der Waals surface area contributed by atoms with Crippen molar-refractivity contribution in [2.75, 3.05) is 12.3 Å². The minimum absolute atomic E-state index is 0.427. The minimum atomic E-state index is 0.427. The smallest absolute Gasteiger partial charge is 0.0427 e. The standard InChI is InChI=1S/C15H26N2S/c1-5-7-17-15(11-18-13(4)6-2)14-8-12(3)9-16-10-14/h8-10,13,15,17H,5-7,11H2,1-4H3. The molecule has 0 amide bonds. The predicted molar refractivity (Wildman–Crippen MR) is 82.2 cm³/mol. The molecule has 1 aromatic rings. The van der Waals surface area contributed by atoms with Gasteiger partial charge in [-0.15, -0.1) is 0 Å². The van der Waals surface area contributed by atoms with Crippen molar-refractivity contribution in [2.24, 2.45) is 0 Å². The monoisotopic (exact) mass is 266 g/mol. The number of rotatable bonds is 8. The lowest BCUT2D eigenvalue weighted by Gasteiger charge is -2.20. The quantitative estimate of drug-likeness (QED) is 0.771. The molecule has 3 heteroatoms. The summed E-state index contributed by atoms with van der Waals surface area (Å²) in [5.74, 6) is 1.13. The Labute approximate surface area is 116 Å². The van der Waals surface area contributed by atoms with E-state index in [9.17, 15) is 0 Å². The van der Waals surface area contributed by atoms with E-state index in [4.69, 9.17) is 0 Å². The maximum Gasteiger partial charge on any atom is 0.0427 e. The molecular weight excluding hydrogens is 240 g/mol. The third-order valence-electron chi connectivity index (χ3n) is 3.06. The molecule has 102 valence electrons. The van der Waals surface area contributed by atoms with Gasteiger partial charge in [-0.05, 0) is 37.4 Å². The summed E-state index contributed by atoms with van der Waals surface area (Å²) in [6.07, 6.45) is 6.32. The van der Waals surface area contributed by atoms with Gasteiger partial charge in [-0.2, -0.15) is 11.8 Å². The van der Waals surface area contributed by atoms with E-state index < -0.39 is 0 Å². The summed E-state index contributed by atoms with van der Waals surface area (Å²) in [7, 11) is 0. The first-order valence-electron chi connectivity index (χ1n) is 6.93. The summed E-state index contributed by atoms with van der Waals surface area (Å²) in [4.78, 5) is 4.31. The van der Waals surface area contributed by atoms with Crippen LogP contribution in [0.2, 0.25) is 0 Å². The van der Waals surface area contributed by atoms with Crippen LogP contribution in [-0.2, 0) is 0 Å². The summed E-state index contributed by atoms with van der Waals surface area (Å²) in [6.45, 7) is 9.94. The van der Waals surface area contributed by atoms with Gasteiger partial charge in [-0.25, -0.2) is 0 Å². The Morgan fingerprint density at radius 2 is 2.11 bits per heavy atom. The van der Waals surface area contributed by atoms with E-state index in [1.807, 2.05) is 24.2 Å². The molecule has 0 fully saturated rings. The van der Waals surface area contributed by atoms with Crippen molar-refractivity contribution in [1.29, 1.82) is 0 Å². The van der Waals surface area contributed by atoms with Gasteiger partial charge in [0.05, 0.1) is 0 Å². The Kier molecular flexibility index (Phi) is 7.36. The van der Waals surface area contributed by atoms with Gasteiger partial charge in [0.1, 0.15) is 0 Å². The fourth-order valence-electron chi connectivity index (χ4n) is 1.74. The molecule has 0 bridgehead atoms. The van der Waals surface area contributed by atoms with Crippen molar-refractivity contribution in [2.45, 2.75) is 51.8 Å². The van der Waals surface area contributed by atoms with Gasteiger partial charge in [0.15, 0.2) is 0 Å². The average molecular weight is 266 g/mol. The lowest BCUT2D eigenvalue weighted by molar-refractivity contribution is 0.575. The second kappa shape index (κ2) is 8.54. The summed E-state index contributed by atoms with van der Waals surface area (Å²) >= 11 is 2.05. The van der Waals surface area contributed by atoms with Crippen LogP contribution in [0.15, 0.2) is 18.5 Å². The molecule has 0 aliphatic rings. The van der Waals surface area contributed by atoms with Crippen LogP contribution < -0.4 is 5.32 Å². The van der Waals surface area contributed by atoms with Gasteiger partial charge in [-0.3, -0.25) is 4.98 Å². The second-order valence-electron chi connectivity index (χ2n) is 4.85. The molecule has 2 unspecified atom stereocenters. The van der Waals surface area contributed by atoms with Crippen LogP contribution in [0.1, 0.15) is 50.8 Å². The second-order valence-corrected chi connectivity index (χ2v) is 6.33. The van der Waals surface area contributed by atoms with Crippen LogP contribution in [0.5, 0.6) is 0 Å². The van der Waals surface area contributed by atoms with E-state index in [0.29, 0.717) is 6.04 Å². The summed E-state index contributed by atoms with van der Waals surface area (Å²) in [5.41, 5.74) is 2.56. The first-order chi connectivity index (χ1) is 8.67. The molecule has 0 spiro atoms. The largest absolute Gasteiger partial charge is 0.309 e. The van der Waals surface area contributed by atoms with E-state index in [-0.39, 0.29) is 0 Å². The highest BCUT2D eigenvalue weighted by Crippen LogP contribution is 2.23. The Hall–Kier alpha value is -0.540. The molecule has 2 atom stereocenters. The number of hydrogen-bond acceptors (Lipinski definition) is 3. The maximum atomic E-state index is 4.31. The van der Waals surface area contributed by atoms with Gasteiger partial charge in [0, 0.05) is 29.4 Å². The third kappa shape index (κ3) is 5.40. The molecule has 18 heavy (non-hydrogen) atoms. The summed E-state index contributed by atoms with van der Waals surface area (Å²) in [5, 5.41) is 4.36. The van der Waals surface area contributed by atoms with Crippen LogP contribution in [0.3, 0.4) is 0 Å². The number of pyridine rings is 1. The highest BCUT2D eigenvalue weighted by molar-refractivity contribution is 7.99. The molecule has 0 saturated heterocycles. The number of thioether (sulfide) groups is 1. The molecule has 0 saturated carbocycles. The SMILES string of the molecule is CCCNC(CSC(C)CC)c1cncc(C)c1. The molecule has 0 aromatic carbocycles. The van der Waals surface area contributed by atoms with Crippen molar-refractivity contribution >= 4 is 11.8 Å². The molecule has 0 aliphatic heterocycles. The normalized spacial score (nSPS) is 14.4. The maximum absolute atomic E-state index is 4.31. The lowest BCUT2D eigenvalue weighted by Crippen LogP contribution is -2.25. The Balaban J connectivity index is 2.65. The molecule has 1 N–H and O–H groups in total. The van der Waals surface area contributed by atoms with Crippen molar-refractivity contribution in [3.63, 3.8) is 0 Å². The Morgan fingerprint density at radius 1 is 1.33 bits per heavy atom. The zero-order valence-corrected chi connectivity index (χ0v) is 12.9. The number of hydrogen-bond donors (Lipinski definition) is 1. The van der Waals surface area contributed by atoms with Gasteiger partial charge in [0.25, 0.3) is 0 Å². The van der Waals surface area contributed by atoms with Crippen LogP contribution in [-0.4, -0.2) is 22.5 Å². The van der Waals surface area contributed by atoms with E-state index in [0.717, 1.165) is 17.5 Å². The van der Waals surface area contributed by atoms with Crippen molar-refractivity contribution in [1.82, 2.24) is 10.3 Å². The predicted octanol–water partition coefficient (Wildman–Crippen LogP) is 3.96. The number of nitrogens with one attached hydrogen (secondary N) is 1. The van der Waals surface area contributed by atoms with E-state index in [2.05, 4.69) is 44.1 Å². The summed E-state index contributed by atoms with van der Waals surface area (Å²) in [6, 6.07) is 2.67. The van der Waals surface area contributed by atoms with Crippen LogP contribution in [0.25, 0.3) is 0 Å². The molecule has 1 aromatic heterocycles. The highest BCUT2D eigenvalue weighted by atomic mass is 32.2. The molecular formula is C15H26N2S. The highest BCUT2D eigenvalue weighted by Gasteiger charge is 2.12. The van der Waals surface area contributed by atoms with E-state index >= 15 is 0 Å². The summed E-state index contributed by atoms with van der Waals surface area (Å²) < 4.78 is 0. The lowest BCUT2D eigenvalue weighted by atomic mass is 10.1. The van der Waals surface area contributed by atoms with Crippen molar-refractivity contribution in [3.05, 3.63) is 29.6 Å². The fourth-order valence-corrected chi connectivity index (χ4v) is 2.81. The van der Waals surface area contributed by atoms with Gasteiger partial charge in [0.2, 0.25) is 0 Å². The Bertz CT molecular complexity index is 341. The van der Waals surface area contributed by atoms with Crippen LogP contribution in [0.4, 0.5) is 0 Å². The van der Waals surface area contributed by atoms with E-state index in [1.54, 1.807) is 0 Å². The molecule has 0 aliphatic carbocycles. The first-order valence-corrected chi connectivity index (χ1v) is 7.98. The molecule has 1 heterocycles. The number of nitrogens with zero attached hydrogens (tertiary/aromatic N) is 1. The minimum Gasteiger partial charge on any atom is -0.309 e. The fraction of sp³-hybridized carbons (Fsp3) is 0.667. The molecule has 0 radical (unpaired) electrons. The topological polar surface area (TPSA) is 24.9 Å². The Morgan fingerprint density at radius 3 is 2.72 bits per heavy atom. The number of aryl methyl sites for hydroxylation is 1. The van der Waals surface area contributed by atoms with Crippen LogP contribution in [0, 0.1) is 6.92 Å². The molecule has 2 nitrogen and oxygen atoms in total. The van der Waals surface area contributed by atoms with Gasteiger partial charge in [-0.1, -0.05) is 26.8 Å². The number of aromatic nitrogens is 1. The van der Waals surface area contributed by atoms with Crippen LogP contribution >= 0.6 is 11.8 Å². The first kappa shape index (κ1) is 15.5.